The molecular formula is C14H14N4O. The summed E-state index contributed by atoms with van der Waals surface area (Å²) in [5.41, 5.74) is 8.74. The minimum Gasteiger partial charge on any atom is -0.493 e. The number of nitrogen functional groups attached to an aromatic ring is 1. The number of aromatic nitrogens is 2. The van der Waals surface area contributed by atoms with Crippen LogP contribution in [0.15, 0.2) is 24.3 Å². The van der Waals surface area contributed by atoms with Crippen LogP contribution in [0.2, 0.25) is 0 Å². The molecule has 1 heterocycles. The minimum absolute atomic E-state index is 0.0666. The fourth-order valence-corrected chi connectivity index (χ4v) is 1.95. The number of anilines is 1. The molecule has 1 aromatic heterocycles. The summed E-state index contributed by atoms with van der Waals surface area (Å²) in [6.45, 7) is 1.78. The van der Waals surface area contributed by atoms with Crippen LogP contribution in [0.4, 0.5) is 5.95 Å². The van der Waals surface area contributed by atoms with E-state index in [0.29, 0.717) is 24.1 Å². The van der Waals surface area contributed by atoms with Gasteiger partial charge in [-0.25, -0.2) is 4.98 Å². The van der Waals surface area contributed by atoms with Crippen LogP contribution in [0, 0.1) is 18.3 Å². The van der Waals surface area contributed by atoms with Gasteiger partial charge in [0.2, 0.25) is 11.8 Å². The summed E-state index contributed by atoms with van der Waals surface area (Å²) >= 11 is 0. The highest BCUT2D eigenvalue weighted by Crippen LogP contribution is 2.22. The number of nitriles is 1. The quantitative estimate of drug-likeness (QED) is 0.869. The van der Waals surface area contributed by atoms with Crippen molar-refractivity contribution in [2.45, 2.75) is 19.8 Å². The van der Waals surface area contributed by atoms with Crippen LogP contribution < -0.4 is 5.73 Å². The van der Waals surface area contributed by atoms with E-state index in [2.05, 4.69) is 16.0 Å². The Kier molecular flexibility index (Phi) is 3.62. The number of rotatable bonds is 3. The van der Waals surface area contributed by atoms with Crippen molar-refractivity contribution in [3.05, 3.63) is 46.6 Å². The van der Waals surface area contributed by atoms with Gasteiger partial charge in [0.1, 0.15) is 0 Å². The summed E-state index contributed by atoms with van der Waals surface area (Å²) < 4.78 is 0. The molecule has 1 aromatic carbocycles. The Bertz CT molecular complexity index is 623. The summed E-state index contributed by atoms with van der Waals surface area (Å²) in [5.74, 6) is -0.0207. The van der Waals surface area contributed by atoms with Gasteiger partial charge in [-0.3, -0.25) is 0 Å². The van der Waals surface area contributed by atoms with Crippen molar-refractivity contribution < 1.29 is 5.11 Å². The molecule has 5 nitrogen and oxygen atoms in total. The van der Waals surface area contributed by atoms with Crippen LogP contribution in [-0.2, 0) is 12.8 Å². The van der Waals surface area contributed by atoms with E-state index in [9.17, 15) is 5.11 Å². The van der Waals surface area contributed by atoms with Crippen molar-refractivity contribution in [1.82, 2.24) is 9.97 Å². The van der Waals surface area contributed by atoms with Crippen molar-refractivity contribution in [3.8, 4) is 11.9 Å². The van der Waals surface area contributed by atoms with Crippen molar-refractivity contribution in [2.75, 3.05) is 5.73 Å². The summed E-state index contributed by atoms with van der Waals surface area (Å²) in [6, 6.07) is 9.80. The smallest absolute Gasteiger partial charge is 0.223 e. The monoisotopic (exact) mass is 254 g/mol. The molecule has 19 heavy (non-hydrogen) atoms. The van der Waals surface area contributed by atoms with E-state index in [0.717, 1.165) is 11.1 Å². The fraction of sp³-hybridized carbons (Fsp3) is 0.214. The van der Waals surface area contributed by atoms with Gasteiger partial charge < -0.3 is 10.8 Å². The molecule has 0 unspecified atom stereocenters. The first kappa shape index (κ1) is 12.8. The number of benzene rings is 1. The topological polar surface area (TPSA) is 95.8 Å². The van der Waals surface area contributed by atoms with Gasteiger partial charge in [0.15, 0.2) is 0 Å². The Balaban J connectivity index is 2.31. The zero-order chi connectivity index (χ0) is 13.8. The van der Waals surface area contributed by atoms with E-state index in [-0.39, 0.29) is 11.8 Å². The predicted octanol–water partition coefficient (Wildman–Crippen LogP) is 1.73. The molecule has 96 valence electrons. The van der Waals surface area contributed by atoms with Crippen LogP contribution in [0.5, 0.6) is 5.88 Å². The van der Waals surface area contributed by atoms with Crippen molar-refractivity contribution >= 4 is 5.95 Å². The molecule has 5 heteroatoms. The molecule has 0 fully saturated rings. The van der Waals surface area contributed by atoms with Gasteiger partial charge >= 0.3 is 0 Å². The van der Waals surface area contributed by atoms with Gasteiger partial charge in [0.05, 0.1) is 18.2 Å². The molecular weight excluding hydrogens is 240 g/mol. The number of nitrogens with two attached hydrogens (primary N) is 1. The lowest BCUT2D eigenvalue weighted by Gasteiger charge is -2.08. The van der Waals surface area contributed by atoms with E-state index < -0.39 is 0 Å². The maximum absolute atomic E-state index is 9.82. The van der Waals surface area contributed by atoms with Gasteiger partial charge in [-0.15, -0.1) is 0 Å². The van der Waals surface area contributed by atoms with Crippen LogP contribution >= 0.6 is 0 Å². The third-order valence-electron chi connectivity index (χ3n) is 2.86. The van der Waals surface area contributed by atoms with Crippen LogP contribution in [0.1, 0.15) is 22.4 Å². The zero-order valence-electron chi connectivity index (χ0n) is 10.6. The third-order valence-corrected chi connectivity index (χ3v) is 2.86. The molecule has 0 saturated carbocycles. The highest BCUT2D eigenvalue weighted by atomic mass is 16.3. The molecule has 0 bridgehead atoms. The highest BCUT2D eigenvalue weighted by Gasteiger charge is 2.10. The standard InChI is InChI=1S/C14H14N4O/c1-9-12(13(19)18-14(16)17-9)8-11-4-2-3-10(7-11)5-6-15/h2-4,7H,5,8H2,1H3,(H3,16,17,18,19). The molecule has 0 spiro atoms. The lowest BCUT2D eigenvalue weighted by Crippen LogP contribution is -2.02. The number of hydrogen-bond acceptors (Lipinski definition) is 5. The number of hydrogen-bond donors (Lipinski definition) is 2. The Morgan fingerprint density at radius 3 is 2.74 bits per heavy atom. The second kappa shape index (κ2) is 5.36. The number of aryl methyl sites for hydroxylation is 1. The Morgan fingerprint density at radius 1 is 1.32 bits per heavy atom. The normalized spacial score (nSPS) is 10.1. The predicted molar refractivity (Wildman–Crippen MR) is 71.4 cm³/mol. The second-order valence-corrected chi connectivity index (χ2v) is 4.30. The largest absolute Gasteiger partial charge is 0.493 e. The maximum atomic E-state index is 9.82. The molecule has 0 amide bonds. The average Bonchev–Trinajstić information content (AvgIpc) is 2.35. The Hall–Kier alpha value is -2.61. The van der Waals surface area contributed by atoms with Crippen molar-refractivity contribution in [3.63, 3.8) is 0 Å². The SMILES string of the molecule is Cc1nc(N)nc(O)c1Cc1cccc(CC#N)c1. The first-order valence-corrected chi connectivity index (χ1v) is 5.87. The van der Waals surface area contributed by atoms with E-state index in [1.165, 1.54) is 0 Å². The fourth-order valence-electron chi connectivity index (χ4n) is 1.95. The average molecular weight is 254 g/mol. The Morgan fingerprint density at radius 2 is 2.05 bits per heavy atom. The Labute approximate surface area is 111 Å². The lowest BCUT2D eigenvalue weighted by molar-refractivity contribution is 0.446. The summed E-state index contributed by atoms with van der Waals surface area (Å²) in [5, 5.41) is 18.5. The molecule has 2 aromatic rings. The number of aromatic hydroxyl groups is 1. The van der Waals surface area contributed by atoms with Gasteiger partial charge in [0, 0.05) is 12.0 Å². The van der Waals surface area contributed by atoms with E-state index in [4.69, 9.17) is 11.0 Å². The van der Waals surface area contributed by atoms with E-state index in [1.807, 2.05) is 24.3 Å². The zero-order valence-corrected chi connectivity index (χ0v) is 10.6. The first-order valence-electron chi connectivity index (χ1n) is 5.87. The van der Waals surface area contributed by atoms with Crippen molar-refractivity contribution in [2.24, 2.45) is 0 Å². The summed E-state index contributed by atoms with van der Waals surface area (Å²) in [7, 11) is 0. The second-order valence-electron chi connectivity index (χ2n) is 4.30. The molecule has 0 radical (unpaired) electrons. The van der Waals surface area contributed by atoms with Crippen LogP contribution in [-0.4, -0.2) is 15.1 Å². The van der Waals surface area contributed by atoms with Gasteiger partial charge in [-0.05, 0) is 18.1 Å². The van der Waals surface area contributed by atoms with Crippen LogP contribution in [0.25, 0.3) is 0 Å². The molecule has 0 aliphatic carbocycles. The highest BCUT2D eigenvalue weighted by molar-refractivity contribution is 5.39. The minimum atomic E-state index is -0.0873. The van der Waals surface area contributed by atoms with E-state index >= 15 is 0 Å². The lowest BCUT2D eigenvalue weighted by atomic mass is 10.0. The van der Waals surface area contributed by atoms with Crippen molar-refractivity contribution in [1.29, 1.82) is 5.26 Å². The maximum Gasteiger partial charge on any atom is 0.223 e. The summed E-state index contributed by atoms with van der Waals surface area (Å²) in [4.78, 5) is 7.80. The summed E-state index contributed by atoms with van der Waals surface area (Å²) in [6.07, 6.45) is 0.883. The van der Waals surface area contributed by atoms with Gasteiger partial charge in [0.25, 0.3) is 0 Å². The first-order chi connectivity index (χ1) is 9.10. The van der Waals surface area contributed by atoms with Gasteiger partial charge in [-0.2, -0.15) is 10.2 Å². The van der Waals surface area contributed by atoms with E-state index in [1.54, 1.807) is 6.92 Å². The molecule has 0 aliphatic heterocycles. The van der Waals surface area contributed by atoms with Gasteiger partial charge in [-0.1, -0.05) is 24.3 Å². The number of nitrogens with zero attached hydrogens (tertiary/aromatic N) is 3. The molecule has 0 aliphatic rings. The van der Waals surface area contributed by atoms with Crippen LogP contribution in [0.3, 0.4) is 0 Å². The molecule has 2 rings (SSSR count). The third kappa shape index (κ3) is 2.99. The molecule has 0 saturated heterocycles. The molecule has 3 N–H and O–H groups in total. The molecule has 0 atom stereocenters.